The van der Waals surface area contributed by atoms with Gasteiger partial charge in [-0.15, -0.1) is 0 Å². The van der Waals surface area contributed by atoms with E-state index in [0.29, 0.717) is 12.6 Å². The second-order valence-electron chi connectivity index (χ2n) is 7.44. The lowest BCUT2D eigenvalue weighted by molar-refractivity contribution is -0.144. The van der Waals surface area contributed by atoms with Crippen LogP contribution >= 0.6 is 0 Å². The van der Waals surface area contributed by atoms with Crippen molar-refractivity contribution in [1.82, 2.24) is 10.2 Å². The van der Waals surface area contributed by atoms with Crippen LogP contribution in [0.4, 0.5) is 0 Å². The van der Waals surface area contributed by atoms with Crippen LogP contribution in [0.3, 0.4) is 0 Å². The molecule has 138 valence electrons. The summed E-state index contributed by atoms with van der Waals surface area (Å²) in [5.74, 6) is 1.50. The van der Waals surface area contributed by atoms with Gasteiger partial charge in [-0.3, -0.25) is 9.69 Å². The number of amides is 1. The minimum atomic E-state index is -0.320. The van der Waals surface area contributed by atoms with Crippen LogP contribution in [0, 0.1) is 5.92 Å². The largest absolute Gasteiger partial charge is 0.467 e. The number of furan rings is 1. The van der Waals surface area contributed by atoms with Crippen LogP contribution in [0.5, 0.6) is 0 Å². The summed E-state index contributed by atoms with van der Waals surface area (Å²) >= 11 is 0. The molecule has 3 aliphatic rings. The molecule has 1 N–H and O–H groups in total. The van der Waals surface area contributed by atoms with Gasteiger partial charge in [0.25, 0.3) is 0 Å². The highest BCUT2D eigenvalue weighted by molar-refractivity contribution is 5.80. The molecule has 0 spiro atoms. The maximum atomic E-state index is 12.4. The predicted molar refractivity (Wildman–Crippen MR) is 92.0 cm³/mol. The summed E-state index contributed by atoms with van der Waals surface area (Å²) in [5, 5.41) is 2.93. The molecule has 0 unspecified atom stereocenters. The second-order valence-corrected chi connectivity index (χ2v) is 7.44. The Balaban J connectivity index is 1.25. The Bertz CT molecular complexity index is 556. The molecular weight excluding hydrogens is 320 g/mol. The summed E-state index contributed by atoms with van der Waals surface area (Å²) < 4.78 is 16.9. The molecule has 6 heteroatoms. The molecule has 1 aromatic heterocycles. The van der Waals surface area contributed by atoms with Crippen molar-refractivity contribution in [3.05, 3.63) is 24.2 Å². The van der Waals surface area contributed by atoms with Gasteiger partial charge >= 0.3 is 0 Å². The van der Waals surface area contributed by atoms with Gasteiger partial charge in [0, 0.05) is 32.3 Å². The predicted octanol–water partition coefficient (Wildman–Crippen LogP) is 1.94. The van der Waals surface area contributed by atoms with E-state index in [1.165, 1.54) is 12.8 Å². The van der Waals surface area contributed by atoms with Crippen molar-refractivity contribution in [2.75, 3.05) is 26.3 Å². The van der Waals surface area contributed by atoms with Gasteiger partial charge in [0.15, 0.2) is 0 Å². The first-order valence-corrected chi connectivity index (χ1v) is 9.57. The van der Waals surface area contributed by atoms with Crippen molar-refractivity contribution in [3.63, 3.8) is 0 Å². The highest BCUT2D eigenvalue weighted by Crippen LogP contribution is 2.33. The lowest BCUT2D eigenvalue weighted by Gasteiger charge is -2.37. The average molecular weight is 348 g/mol. The van der Waals surface area contributed by atoms with Crippen molar-refractivity contribution in [2.45, 2.75) is 56.9 Å². The summed E-state index contributed by atoms with van der Waals surface area (Å²) in [6.07, 6.45) is 6.73. The van der Waals surface area contributed by atoms with E-state index in [1.54, 1.807) is 6.26 Å². The van der Waals surface area contributed by atoms with Gasteiger partial charge in [0.05, 0.1) is 18.9 Å². The average Bonchev–Trinajstić information content (AvgIpc) is 3.30. The van der Waals surface area contributed by atoms with Gasteiger partial charge < -0.3 is 19.2 Å². The SMILES string of the molecule is O=C(NCc1ccco1)[C@@H]1CC[C@@H]2[C@@H](CCN2CC2CCOCC2)O1. The van der Waals surface area contributed by atoms with Crippen LogP contribution in [0.25, 0.3) is 0 Å². The lowest BCUT2D eigenvalue weighted by atomic mass is 9.96. The fourth-order valence-electron chi connectivity index (χ4n) is 4.40. The van der Waals surface area contributed by atoms with E-state index < -0.39 is 0 Å². The molecule has 0 saturated carbocycles. The Morgan fingerprint density at radius 3 is 2.88 bits per heavy atom. The minimum Gasteiger partial charge on any atom is -0.467 e. The fraction of sp³-hybridized carbons (Fsp3) is 0.737. The molecule has 0 radical (unpaired) electrons. The smallest absolute Gasteiger partial charge is 0.249 e. The highest BCUT2D eigenvalue weighted by Gasteiger charge is 2.42. The molecule has 25 heavy (non-hydrogen) atoms. The Hall–Kier alpha value is -1.37. The summed E-state index contributed by atoms with van der Waals surface area (Å²) in [4.78, 5) is 15.0. The third-order valence-corrected chi connectivity index (χ3v) is 5.81. The van der Waals surface area contributed by atoms with E-state index >= 15 is 0 Å². The van der Waals surface area contributed by atoms with Gasteiger partial charge in [-0.25, -0.2) is 0 Å². The highest BCUT2D eigenvalue weighted by atomic mass is 16.5. The van der Waals surface area contributed by atoms with E-state index in [1.807, 2.05) is 12.1 Å². The maximum absolute atomic E-state index is 12.4. The normalized spacial score (nSPS) is 31.0. The third kappa shape index (κ3) is 4.07. The zero-order valence-corrected chi connectivity index (χ0v) is 14.7. The van der Waals surface area contributed by atoms with Crippen LogP contribution in [0.1, 0.15) is 37.9 Å². The summed E-state index contributed by atoms with van der Waals surface area (Å²) in [7, 11) is 0. The van der Waals surface area contributed by atoms with Gasteiger partial charge in [-0.1, -0.05) is 0 Å². The molecule has 3 fully saturated rings. The Morgan fingerprint density at radius 2 is 2.08 bits per heavy atom. The lowest BCUT2D eigenvalue weighted by Crippen LogP contribution is -2.48. The monoisotopic (exact) mass is 348 g/mol. The fourth-order valence-corrected chi connectivity index (χ4v) is 4.40. The van der Waals surface area contributed by atoms with Crippen LogP contribution in [0.2, 0.25) is 0 Å². The molecule has 3 aliphatic heterocycles. The van der Waals surface area contributed by atoms with Gasteiger partial charge in [0.1, 0.15) is 11.9 Å². The maximum Gasteiger partial charge on any atom is 0.249 e. The van der Waals surface area contributed by atoms with Gasteiger partial charge in [0.2, 0.25) is 5.91 Å². The molecular formula is C19H28N2O4. The molecule has 1 amide bonds. The number of nitrogens with one attached hydrogen (secondary N) is 1. The van der Waals surface area contributed by atoms with Gasteiger partial charge in [-0.05, 0) is 50.2 Å². The van der Waals surface area contributed by atoms with Crippen LogP contribution in [0.15, 0.2) is 22.8 Å². The second kappa shape index (κ2) is 7.89. The number of carbonyl (C=O) groups excluding carboxylic acids is 1. The third-order valence-electron chi connectivity index (χ3n) is 5.81. The number of fused-ring (bicyclic) bond motifs is 1. The molecule has 0 bridgehead atoms. The van der Waals surface area contributed by atoms with E-state index in [4.69, 9.17) is 13.9 Å². The van der Waals surface area contributed by atoms with Crippen LogP contribution in [-0.4, -0.2) is 55.4 Å². The molecule has 3 saturated heterocycles. The van der Waals surface area contributed by atoms with Crippen molar-refractivity contribution in [3.8, 4) is 0 Å². The number of hydrogen-bond donors (Lipinski definition) is 1. The number of nitrogens with zero attached hydrogens (tertiary/aromatic N) is 1. The zero-order chi connectivity index (χ0) is 17.1. The molecule has 4 heterocycles. The summed E-state index contributed by atoms with van der Waals surface area (Å²) in [6.45, 7) is 4.48. The molecule has 1 aromatic rings. The number of likely N-dealkylation sites (tertiary alicyclic amines) is 1. The molecule has 3 atom stereocenters. The van der Waals surface area contributed by atoms with Gasteiger partial charge in [-0.2, -0.15) is 0 Å². The Kier molecular flexibility index (Phi) is 5.39. The van der Waals surface area contributed by atoms with E-state index in [0.717, 1.165) is 57.2 Å². The number of hydrogen-bond acceptors (Lipinski definition) is 5. The van der Waals surface area contributed by atoms with Crippen molar-refractivity contribution in [1.29, 1.82) is 0 Å². The first kappa shape index (κ1) is 17.1. The number of rotatable bonds is 5. The minimum absolute atomic E-state index is 0.0160. The van der Waals surface area contributed by atoms with E-state index in [2.05, 4.69) is 10.2 Å². The zero-order valence-electron chi connectivity index (χ0n) is 14.7. The van der Waals surface area contributed by atoms with E-state index in [9.17, 15) is 4.79 Å². The molecule has 0 aliphatic carbocycles. The molecule has 4 rings (SSSR count). The Morgan fingerprint density at radius 1 is 1.20 bits per heavy atom. The number of carbonyl (C=O) groups is 1. The van der Waals surface area contributed by atoms with Crippen molar-refractivity contribution < 1.29 is 18.7 Å². The molecule has 0 aromatic carbocycles. The topological polar surface area (TPSA) is 63.9 Å². The molecule has 6 nitrogen and oxygen atoms in total. The van der Waals surface area contributed by atoms with Crippen LogP contribution < -0.4 is 5.32 Å². The number of ether oxygens (including phenoxy) is 2. The first-order valence-electron chi connectivity index (χ1n) is 9.57. The van der Waals surface area contributed by atoms with Crippen LogP contribution in [-0.2, 0) is 20.8 Å². The Labute approximate surface area is 148 Å². The standard InChI is InChI=1S/C19H28N2O4/c22-19(20-12-15-2-1-9-24-15)18-4-3-16-17(25-18)5-8-21(16)13-14-6-10-23-11-7-14/h1-2,9,14,16-18H,3-8,10-13H2,(H,20,22)/t16-,17-,18+/m1/s1. The van der Waals surface area contributed by atoms with Crippen molar-refractivity contribution >= 4 is 5.91 Å². The summed E-state index contributed by atoms with van der Waals surface area (Å²) in [6, 6.07) is 4.18. The van der Waals surface area contributed by atoms with E-state index in [-0.39, 0.29) is 18.1 Å². The van der Waals surface area contributed by atoms with Crippen molar-refractivity contribution in [2.24, 2.45) is 5.92 Å². The quantitative estimate of drug-likeness (QED) is 0.881. The summed E-state index contributed by atoms with van der Waals surface area (Å²) in [5.41, 5.74) is 0. The first-order chi connectivity index (χ1) is 12.3.